The first-order chi connectivity index (χ1) is 10.1. The van der Waals surface area contributed by atoms with Crippen molar-refractivity contribution in [2.45, 2.75) is 13.2 Å². The van der Waals surface area contributed by atoms with E-state index in [1.165, 1.54) is 13.0 Å². The molecule has 0 aliphatic heterocycles. The molecule has 0 aliphatic rings. The number of carbonyl (C=O) groups excluding carboxylic acids is 2. The molecule has 21 heavy (non-hydrogen) atoms. The van der Waals surface area contributed by atoms with Gasteiger partial charge in [0, 0.05) is 17.5 Å². The number of hydrogen-bond acceptors (Lipinski definition) is 4. The highest BCUT2D eigenvalue weighted by atomic mass is 35.5. The number of ether oxygens (including phenoxy) is 2. The topological polar surface area (TPSA) is 52.6 Å². The van der Waals surface area contributed by atoms with Crippen molar-refractivity contribution >= 4 is 23.5 Å². The average molecular weight is 305 g/mol. The van der Waals surface area contributed by atoms with Crippen LogP contribution in [0.3, 0.4) is 0 Å². The molecule has 0 aromatic heterocycles. The maximum atomic E-state index is 12.1. The highest BCUT2D eigenvalue weighted by Crippen LogP contribution is 2.21. The van der Waals surface area contributed by atoms with E-state index >= 15 is 0 Å². The minimum absolute atomic E-state index is 0.288. The minimum atomic E-state index is -1.09. The lowest BCUT2D eigenvalue weighted by molar-refractivity contribution is -0.167. The Labute approximate surface area is 127 Å². The maximum absolute atomic E-state index is 12.1. The van der Waals surface area contributed by atoms with E-state index < -0.39 is 18.2 Å². The van der Waals surface area contributed by atoms with Gasteiger partial charge >= 0.3 is 11.9 Å². The quantitative estimate of drug-likeness (QED) is 0.637. The largest absolute Gasteiger partial charge is 0.421 e. The molecule has 0 fully saturated rings. The first-order valence-corrected chi connectivity index (χ1v) is 6.63. The van der Waals surface area contributed by atoms with Gasteiger partial charge in [-0.3, -0.25) is 4.79 Å². The van der Waals surface area contributed by atoms with E-state index in [1.54, 1.807) is 42.5 Å². The average Bonchev–Trinajstić information content (AvgIpc) is 2.47. The van der Waals surface area contributed by atoms with Crippen LogP contribution in [0.5, 0.6) is 0 Å². The normalized spacial score (nSPS) is 11.5. The number of rotatable bonds is 4. The Morgan fingerprint density at radius 2 is 1.71 bits per heavy atom. The summed E-state index contributed by atoms with van der Waals surface area (Å²) in [6.07, 6.45) is -1.09. The van der Waals surface area contributed by atoms with Crippen molar-refractivity contribution in [3.63, 3.8) is 0 Å². The van der Waals surface area contributed by atoms with Crippen molar-refractivity contribution in [1.29, 1.82) is 0 Å². The molecule has 2 aromatic rings. The Kier molecular flexibility index (Phi) is 4.95. The number of hydrogen-bond donors (Lipinski definition) is 0. The van der Waals surface area contributed by atoms with Gasteiger partial charge in [-0.1, -0.05) is 48.0 Å². The molecule has 0 saturated heterocycles. The molecule has 0 heterocycles. The number of halogens is 1. The Morgan fingerprint density at radius 1 is 1.00 bits per heavy atom. The monoisotopic (exact) mass is 304 g/mol. The number of carbonyl (C=O) groups is 2. The van der Waals surface area contributed by atoms with Crippen molar-refractivity contribution in [3.05, 3.63) is 70.7 Å². The van der Waals surface area contributed by atoms with Gasteiger partial charge in [-0.2, -0.15) is 0 Å². The Morgan fingerprint density at radius 3 is 2.33 bits per heavy atom. The van der Waals surface area contributed by atoms with Crippen molar-refractivity contribution in [1.82, 2.24) is 0 Å². The molecule has 0 saturated carbocycles. The predicted octanol–water partition coefficient (Wildman–Crippen LogP) is 3.76. The van der Waals surface area contributed by atoms with Gasteiger partial charge in [0.1, 0.15) is 0 Å². The smallest absolute Gasteiger partial charge is 0.341 e. The van der Waals surface area contributed by atoms with E-state index in [1.807, 2.05) is 6.07 Å². The molecule has 108 valence electrons. The Hall–Kier alpha value is -2.33. The van der Waals surface area contributed by atoms with E-state index in [2.05, 4.69) is 0 Å². The standard InChI is InChI=1S/C16H13ClO4/c1-11(18)20-16(12-6-3-2-4-7-12)21-15(19)13-8-5-9-14(17)10-13/h2-10,16H,1H3/t16-/m0/s1. The van der Waals surface area contributed by atoms with Gasteiger partial charge in [0.2, 0.25) is 0 Å². The van der Waals surface area contributed by atoms with Gasteiger partial charge in [0.15, 0.2) is 0 Å². The van der Waals surface area contributed by atoms with Crippen LogP contribution in [0.4, 0.5) is 0 Å². The van der Waals surface area contributed by atoms with Crippen LogP contribution >= 0.6 is 11.6 Å². The molecular formula is C16H13ClO4. The molecule has 2 aromatic carbocycles. The zero-order chi connectivity index (χ0) is 15.2. The molecule has 0 N–H and O–H groups in total. The van der Waals surface area contributed by atoms with Crippen LogP contribution in [0.2, 0.25) is 5.02 Å². The van der Waals surface area contributed by atoms with E-state index in [4.69, 9.17) is 21.1 Å². The van der Waals surface area contributed by atoms with Crippen LogP contribution in [0, 0.1) is 0 Å². The predicted molar refractivity (Wildman–Crippen MR) is 77.8 cm³/mol. The van der Waals surface area contributed by atoms with E-state index in [0.29, 0.717) is 10.6 Å². The first-order valence-electron chi connectivity index (χ1n) is 6.25. The van der Waals surface area contributed by atoms with Crippen LogP contribution in [-0.4, -0.2) is 11.9 Å². The fourth-order valence-corrected chi connectivity index (χ4v) is 1.89. The molecular weight excluding hydrogens is 292 g/mol. The van der Waals surface area contributed by atoms with Crippen molar-refractivity contribution < 1.29 is 19.1 Å². The van der Waals surface area contributed by atoms with E-state index in [0.717, 1.165) is 0 Å². The van der Waals surface area contributed by atoms with Crippen LogP contribution < -0.4 is 0 Å². The van der Waals surface area contributed by atoms with Gasteiger partial charge in [-0.05, 0) is 18.2 Å². The van der Waals surface area contributed by atoms with Crippen molar-refractivity contribution in [2.75, 3.05) is 0 Å². The highest BCUT2D eigenvalue weighted by Gasteiger charge is 2.20. The highest BCUT2D eigenvalue weighted by molar-refractivity contribution is 6.30. The lowest BCUT2D eigenvalue weighted by atomic mass is 10.2. The second-order valence-corrected chi connectivity index (χ2v) is 4.70. The fraction of sp³-hybridized carbons (Fsp3) is 0.125. The summed E-state index contributed by atoms with van der Waals surface area (Å²) in [6, 6.07) is 15.1. The van der Waals surface area contributed by atoms with Gasteiger partial charge in [-0.15, -0.1) is 0 Å². The third kappa shape index (κ3) is 4.33. The zero-order valence-electron chi connectivity index (χ0n) is 11.3. The third-order valence-electron chi connectivity index (χ3n) is 2.62. The first kappa shape index (κ1) is 15.1. The fourth-order valence-electron chi connectivity index (χ4n) is 1.70. The molecule has 1 atom stereocenters. The molecule has 0 radical (unpaired) electrons. The summed E-state index contributed by atoms with van der Waals surface area (Å²) in [6.45, 7) is 1.25. The summed E-state index contributed by atoms with van der Waals surface area (Å²) in [5.74, 6) is -1.16. The maximum Gasteiger partial charge on any atom is 0.341 e. The van der Waals surface area contributed by atoms with Gasteiger partial charge < -0.3 is 9.47 Å². The Balaban J connectivity index is 2.19. The van der Waals surface area contributed by atoms with E-state index in [9.17, 15) is 9.59 Å². The summed E-state index contributed by atoms with van der Waals surface area (Å²) in [5.41, 5.74) is 0.860. The second kappa shape index (κ2) is 6.90. The van der Waals surface area contributed by atoms with Crippen LogP contribution in [0.15, 0.2) is 54.6 Å². The minimum Gasteiger partial charge on any atom is -0.421 e. The molecule has 2 rings (SSSR count). The Bertz CT molecular complexity index is 640. The lowest BCUT2D eigenvalue weighted by Gasteiger charge is -2.17. The summed E-state index contributed by atoms with van der Waals surface area (Å²) in [7, 11) is 0. The molecule has 0 amide bonds. The molecule has 0 spiro atoms. The third-order valence-corrected chi connectivity index (χ3v) is 2.85. The van der Waals surface area contributed by atoms with Crippen LogP contribution in [0.25, 0.3) is 0 Å². The van der Waals surface area contributed by atoms with Crippen LogP contribution in [-0.2, 0) is 14.3 Å². The summed E-state index contributed by atoms with van der Waals surface area (Å²) < 4.78 is 10.3. The lowest BCUT2D eigenvalue weighted by Crippen LogP contribution is -2.16. The summed E-state index contributed by atoms with van der Waals surface area (Å²) >= 11 is 5.83. The van der Waals surface area contributed by atoms with Crippen molar-refractivity contribution in [2.24, 2.45) is 0 Å². The number of esters is 2. The summed E-state index contributed by atoms with van der Waals surface area (Å²) in [4.78, 5) is 23.3. The van der Waals surface area contributed by atoms with Crippen molar-refractivity contribution in [3.8, 4) is 0 Å². The molecule has 0 bridgehead atoms. The molecule has 4 nitrogen and oxygen atoms in total. The van der Waals surface area contributed by atoms with E-state index in [-0.39, 0.29) is 5.56 Å². The second-order valence-electron chi connectivity index (χ2n) is 4.27. The SMILES string of the molecule is CC(=O)O[C@@H](OC(=O)c1cccc(Cl)c1)c1ccccc1. The van der Waals surface area contributed by atoms with Gasteiger partial charge in [0.25, 0.3) is 6.29 Å². The number of benzene rings is 2. The molecule has 0 aliphatic carbocycles. The van der Waals surface area contributed by atoms with Gasteiger partial charge in [0.05, 0.1) is 5.56 Å². The summed E-state index contributed by atoms with van der Waals surface area (Å²) in [5, 5.41) is 0.424. The van der Waals surface area contributed by atoms with Gasteiger partial charge in [-0.25, -0.2) is 4.79 Å². The molecule has 5 heteroatoms. The molecule has 0 unspecified atom stereocenters. The van der Waals surface area contributed by atoms with Crippen LogP contribution in [0.1, 0.15) is 29.1 Å². The zero-order valence-corrected chi connectivity index (χ0v) is 12.0.